The largest absolute Gasteiger partial charge is 0.477 e. The van der Waals surface area contributed by atoms with Gasteiger partial charge in [-0.1, -0.05) is 12.1 Å². The number of nitro benzene ring substituents is 1. The Bertz CT molecular complexity index is 538. The van der Waals surface area contributed by atoms with Crippen molar-refractivity contribution in [2.24, 2.45) is 0 Å². The number of carboxylic acid groups (broad SMARTS) is 1. The van der Waals surface area contributed by atoms with Crippen LogP contribution in [0.25, 0.3) is 0 Å². The van der Waals surface area contributed by atoms with E-state index in [1.807, 2.05) is 6.92 Å². The van der Waals surface area contributed by atoms with Gasteiger partial charge in [0, 0.05) is 24.8 Å². The fraction of sp³-hybridized carbons (Fsp3) is 0.462. The third-order valence-electron chi connectivity index (χ3n) is 3.46. The van der Waals surface area contributed by atoms with Crippen molar-refractivity contribution in [2.75, 3.05) is 13.2 Å². The summed E-state index contributed by atoms with van der Waals surface area (Å²) in [6.07, 6.45) is 0.824. The van der Waals surface area contributed by atoms with E-state index < -0.39 is 10.9 Å². The van der Waals surface area contributed by atoms with E-state index in [1.165, 1.54) is 12.1 Å². The minimum absolute atomic E-state index is 0.222. The topological polar surface area (TPSA) is 102 Å². The monoisotopic (exact) mass is 280 g/mol. The van der Waals surface area contributed by atoms with Crippen LogP contribution in [0.3, 0.4) is 0 Å². The summed E-state index contributed by atoms with van der Waals surface area (Å²) >= 11 is 0. The van der Waals surface area contributed by atoms with E-state index in [1.54, 1.807) is 6.07 Å². The molecule has 1 fully saturated rings. The molecule has 0 spiro atoms. The summed E-state index contributed by atoms with van der Waals surface area (Å²) in [5.41, 5.74) is -0.461. The summed E-state index contributed by atoms with van der Waals surface area (Å²) in [5, 5.41) is 23.3. The van der Waals surface area contributed by atoms with E-state index in [-0.39, 0.29) is 23.3 Å². The number of aromatic carboxylic acids is 1. The Morgan fingerprint density at radius 1 is 1.60 bits per heavy atom. The molecule has 0 amide bonds. The van der Waals surface area contributed by atoms with Gasteiger partial charge in [0.15, 0.2) is 0 Å². The molecule has 1 aliphatic rings. The van der Waals surface area contributed by atoms with E-state index in [9.17, 15) is 20.0 Å². The van der Waals surface area contributed by atoms with Crippen molar-refractivity contribution in [2.45, 2.75) is 25.4 Å². The summed E-state index contributed by atoms with van der Waals surface area (Å²) in [5.74, 6) is -1.29. The number of nitrogens with zero attached hydrogens (tertiary/aromatic N) is 1. The normalized spacial score (nSPS) is 21.9. The van der Waals surface area contributed by atoms with Crippen LogP contribution in [0.1, 0.15) is 29.3 Å². The Labute approximate surface area is 115 Å². The molecule has 0 bridgehead atoms. The van der Waals surface area contributed by atoms with E-state index >= 15 is 0 Å². The maximum atomic E-state index is 11.3. The van der Waals surface area contributed by atoms with Crippen LogP contribution in [-0.4, -0.2) is 34.8 Å². The Hall–Kier alpha value is -1.99. The summed E-state index contributed by atoms with van der Waals surface area (Å²) in [4.78, 5) is 21.5. The number of nitro groups is 1. The van der Waals surface area contributed by atoms with Gasteiger partial charge in [0.25, 0.3) is 5.69 Å². The lowest BCUT2D eigenvalue weighted by Crippen LogP contribution is -2.42. The molecule has 108 valence electrons. The van der Waals surface area contributed by atoms with Crippen LogP contribution in [0.5, 0.6) is 0 Å². The fourth-order valence-corrected chi connectivity index (χ4v) is 2.25. The lowest BCUT2D eigenvalue weighted by atomic mass is 9.99. The molecule has 20 heavy (non-hydrogen) atoms. The molecular formula is C13H16N2O5. The zero-order chi connectivity index (χ0) is 14.8. The molecule has 7 heteroatoms. The van der Waals surface area contributed by atoms with Crippen molar-refractivity contribution in [3.05, 3.63) is 39.4 Å². The molecule has 1 aliphatic heterocycles. The molecule has 1 aromatic rings. The molecule has 1 saturated heterocycles. The second-order valence-electron chi connectivity index (χ2n) is 5.09. The van der Waals surface area contributed by atoms with Crippen LogP contribution in [-0.2, 0) is 11.3 Å². The van der Waals surface area contributed by atoms with Gasteiger partial charge in [0.2, 0.25) is 0 Å². The zero-order valence-corrected chi connectivity index (χ0v) is 11.1. The van der Waals surface area contributed by atoms with Gasteiger partial charge in [-0.05, 0) is 18.9 Å². The molecule has 2 rings (SSSR count). The number of benzene rings is 1. The summed E-state index contributed by atoms with van der Waals surface area (Å²) in [7, 11) is 0. The third-order valence-corrected chi connectivity index (χ3v) is 3.46. The lowest BCUT2D eigenvalue weighted by Gasteiger charge is -2.24. The van der Waals surface area contributed by atoms with Crippen molar-refractivity contribution in [1.29, 1.82) is 0 Å². The molecule has 2 N–H and O–H groups in total. The number of hydrogen-bond acceptors (Lipinski definition) is 5. The van der Waals surface area contributed by atoms with E-state index in [2.05, 4.69) is 5.32 Å². The second-order valence-corrected chi connectivity index (χ2v) is 5.09. The number of carboxylic acids is 1. The van der Waals surface area contributed by atoms with Gasteiger partial charge in [-0.3, -0.25) is 10.1 Å². The van der Waals surface area contributed by atoms with Gasteiger partial charge in [-0.2, -0.15) is 0 Å². The number of carbonyl (C=O) groups is 1. The molecule has 7 nitrogen and oxygen atoms in total. The molecular weight excluding hydrogens is 264 g/mol. The third kappa shape index (κ3) is 2.94. The molecule has 0 aromatic heterocycles. The number of hydrogen-bond donors (Lipinski definition) is 2. The van der Waals surface area contributed by atoms with Gasteiger partial charge in [-0.15, -0.1) is 0 Å². The average Bonchev–Trinajstić information content (AvgIpc) is 2.83. The van der Waals surface area contributed by atoms with Crippen molar-refractivity contribution in [3.8, 4) is 0 Å². The maximum absolute atomic E-state index is 11.3. The lowest BCUT2D eigenvalue weighted by molar-refractivity contribution is -0.385. The van der Waals surface area contributed by atoms with Crippen molar-refractivity contribution in [1.82, 2.24) is 5.32 Å². The van der Waals surface area contributed by atoms with Crippen LogP contribution in [0.2, 0.25) is 0 Å². The number of nitrogens with one attached hydrogen (secondary N) is 1. The van der Waals surface area contributed by atoms with Gasteiger partial charge in [0.05, 0.1) is 11.5 Å². The highest BCUT2D eigenvalue weighted by atomic mass is 16.6. The van der Waals surface area contributed by atoms with Crippen molar-refractivity contribution < 1.29 is 19.6 Å². The SMILES string of the molecule is CC1(NCc2cccc([N+](=O)[O-])c2C(=O)O)CCOC1. The van der Waals surface area contributed by atoms with Crippen LogP contribution in [0.4, 0.5) is 5.69 Å². The Balaban J connectivity index is 2.25. The van der Waals surface area contributed by atoms with Gasteiger partial charge in [-0.25, -0.2) is 4.79 Å². The first-order chi connectivity index (χ1) is 9.43. The highest BCUT2D eigenvalue weighted by Crippen LogP contribution is 2.24. The van der Waals surface area contributed by atoms with Crippen LogP contribution in [0, 0.1) is 10.1 Å². The standard InChI is InChI=1S/C13H16N2O5/c1-13(5-6-20-8-13)14-7-9-3-2-4-10(15(18)19)11(9)12(16)17/h2-4,14H,5-8H2,1H3,(H,16,17). The van der Waals surface area contributed by atoms with E-state index in [0.717, 1.165) is 6.42 Å². The Morgan fingerprint density at radius 3 is 2.90 bits per heavy atom. The van der Waals surface area contributed by atoms with Crippen LogP contribution in [0.15, 0.2) is 18.2 Å². The molecule has 0 saturated carbocycles. The highest BCUT2D eigenvalue weighted by Gasteiger charge is 2.30. The molecule has 1 atom stereocenters. The van der Waals surface area contributed by atoms with Gasteiger partial charge in [0.1, 0.15) is 5.56 Å². The van der Waals surface area contributed by atoms with Crippen molar-refractivity contribution in [3.63, 3.8) is 0 Å². The van der Waals surface area contributed by atoms with Crippen LogP contribution < -0.4 is 5.32 Å². The number of ether oxygens (including phenoxy) is 1. The fourth-order valence-electron chi connectivity index (χ4n) is 2.25. The van der Waals surface area contributed by atoms with Gasteiger partial charge < -0.3 is 15.2 Å². The average molecular weight is 280 g/mol. The molecule has 0 radical (unpaired) electrons. The minimum atomic E-state index is -1.29. The van der Waals surface area contributed by atoms with E-state index in [0.29, 0.717) is 18.8 Å². The highest BCUT2D eigenvalue weighted by molar-refractivity contribution is 5.94. The summed E-state index contributed by atoms with van der Waals surface area (Å²) in [6.45, 7) is 3.44. The first-order valence-corrected chi connectivity index (χ1v) is 6.25. The summed E-state index contributed by atoms with van der Waals surface area (Å²) < 4.78 is 5.30. The number of rotatable bonds is 5. The van der Waals surface area contributed by atoms with Crippen LogP contribution >= 0.6 is 0 Å². The molecule has 0 aliphatic carbocycles. The quantitative estimate of drug-likeness (QED) is 0.627. The first-order valence-electron chi connectivity index (χ1n) is 6.25. The summed E-state index contributed by atoms with van der Waals surface area (Å²) in [6, 6.07) is 4.28. The molecule has 1 aromatic carbocycles. The predicted molar refractivity (Wildman–Crippen MR) is 70.7 cm³/mol. The minimum Gasteiger partial charge on any atom is -0.477 e. The molecule has 1 heterocycles. The first kappa shape index (κ1) is 14.4. The smallest absolute Gasteiger partial charge is 0.343 e. The maximum Gasteiger partial charge on any atom is 0.343 e. The predicted octanol–water partition coefficient (Wildman–Crippen LogP) is 1.56. The Morgan fingerprint density at radius 2 is 2.35 bits per heavy atom. The van der Waals surface area contributed by atoms with Crippen molar-refractivity contribution >= 4 is 11.7 Å². The second kappa shape index (κ2) is 5.56. The van der Waals surface area contributed by atoms with Gasteiger partial charge >= 0.3 is 5.97 Å². The molecule has 1 unspecified atom stereocenters. The van der Waals surface area contributed by atoms with E-state index in [4.69, 9.17) is 4.74 Å². The zero-order valence-electron chi connectivity index (χ0n) is 11.1. The Kier molecular flexibility index (Phi) is 4.01.